The fourth-order valence-electron chi connectivity index (χ4n) is 3.47. The summed E-state index contributed by atoms with van der Waals surface area (Å²) in [6, 6.07) is 12.1. The smallest absolute Gasteiger partial charge is 0.128 e. The number of halogens is 2. The minimum Gasteiger partial charge on any atom is -0.492 e. The molecule has 0 amide bonds. The van der Waals surface area contributed by atoms with Crippen molar-refractivity contribution in [1.29, 1.82) is 0 Å². The molecule has 0 spiro atoms. The Morgan fingerprint density at radius 1 is 1.17 bits per heavy atom. The standard InChI is InChI=1S/C22H24ClFN4O2/c1-27-22(20(23)15-25-27)19-14-18(26-17-4-2-3-16(24)13-17)5-6-21(19)30-12-9-28-7-10-29-11-8-28/h2-6,13-15,26H,7-12H2,1H3. The molecule has 2 aromatic carbocycles. The maximum Gasteiger partial charge on any atom is 0.128 e. The van der Waals surface area contributed by atoms with Gasteiger partial charge in [-0.2, -0.15) is 5.10 Å². The molecule has 0 atom stereocenters. The predicted octanol–water partition coefficient (Wildman–Crippen LogP) is 4.33. The first-order chi connectivity index (χ1) is 14.6. The minimum absolute atomic E-state index is 0.294. The van der Waals surface area contributed by atoms with Crippen molar-refractivity contribution in [3.63, 3.8) is 0 Å². The van der Waals surface area contributed by atoms with E-state index in [0.717, 1.165) is 55.5 Å². The molecule has 1 saturated heterocycles. The van der Waals surface area contributed by atoms with Gasteiger partial charge in [-0.05, 0) is 36.4 Å². The van der Waals surface area contributed by atoms with Gasteiger partial charge in [0.15, 0.2) is 0 Å². The normalized spacial score (nSPS) is 14.6. The monoisotopic (exact) mass is 430 g/mol. The molecule has 2 heterocycles. The number of aryl methyl sites for hydroxylation is 1. The van der Waals surface area contributed by atoms with E-state index < -0.39 is 0 Å². The van der Waals surface area contributed by atoms with Crippen molar-refractivity contribution >= 4 is 23.0 Å². The number of ether oxygens (including phenoxy) is 2. The highest BCUT2D eigenvalue weighted by molar-refractivity contribution is 6.33. The second-order valence-electron chi connectivity index (χ2n) is 7.11. The van der Waals surface area contributed by atoms with Crippen LogP contribution in [-0.2, 0) is 11.8 Å². The third-order valence-corrected chi connectivity index (χ3v) is 5.29. The lowest BCUT2D eigenvalue weighted by Crippen LogP contribution is -2.38. The average Bonchev–Trinajstić information content (AvgIpc) is 3.08. The van der Waals surface area contributed by atoms with Crippen LogP contribution in [0.15, 0.2) is 48.7 Å². The summed E-state index contributed by atoms with van der Waals surface area (Å²) in [6.07, 6.45) is 1.61. The Morgan fingerprint density at radius 3 is 2.70 bits per heavy atom. The molecular formula is C22H24ClFN4O2. The quantitative estimate of drug-likeness (QED) is 0.604. The van der Waals surface area contributed by atoms with Gasteiger partial charge >= 0.3 is 0 Å². The number of anilines is 2. The van der Waals surface area contributed by atoms with Gasteiger partial charge in [0.05, 0.1) is 30.1 Å². The maximum atomic E-state index is 13.5. The summed E-state index contributed by atoms with van der Waals surface area (Å²) >= 11 is 6.41. The van der Waals surface area contributed by atoms with Crippen molar-refractivity contribution in [2.24, 2.45) is 7.05 Å². The van der Waals surface area contributed by atoms with E-state index in [1.165, 1.54) is 12.1 Å². The van der Waals surface area contributed by atoms with Gasteiger partial charge in [-0.3, -0.25) is 9.58 Å². The molecular weight excluding hydrogens is 407 g/mol. The Kier molecular flexibility index (Phi) is 6.52. The Labute approximate surface area is 180 Å². The lowest BCUT2D eigenvalue weighted by Gasteiger charge is -2.26. The summed E-state index contributed by atoms with van der Waals surface area (Å²) in [4.78, 5) is 2.32. The summed E-state index contributed by atoms with van der Waals surface area (Å²) in [5, 5.41) is 8.02. The van der Waals surface area contributed by atoms with Gasteiger partial charge in [0.25, 0.3) is 0 Å². The van der Waals surface area contributed by atoms with Crippen LogP contribution in [0.4, 0.5) is 15.8 Å². The third-order valence-electron chi connectivity index (χ3n) is 5.01. The number of aromatic nitrogens is 2. The fraction of sp³-hybridized carbons (Fsp3) is 0.318. The molecule has 0 radical (unpaired) electrons. The van der Waals surface area contributed by atoms with Crippen LogP contribution in [0, 0.1) is 5.82 Å². The third kappa shape index (κ3) is 4.92. The number of morpholine rings is 1. The molecule has 158 valence electrons. The van der Waals surface area contributed by atoms with E-state index in [2.05, 4.69) is 15.3 Å². The van der Waals surface area contributed by atoms with Gasteiger partial charge in [-0.25, -0.2) is 4.39 Å². The highest BCUT2D eigenvalue weighted by Crippen LogP contribution is 2.37. The second-order valence-corrected chi connectivity index (χ2v) is 7.52. The molecule has 1 aliphatic heterocycles. The summed E-state index contributed by atoms with van der Waals surface area (Å²) in [5.41, 5.74) is 3.05. The predicted molar refractivity (Wildman–Crippen MR) is 116 cm³/mol. The van der Waals surface area contributed by atoms with Crippen LogP contribution in [-0.4, -0.2) is 54.1 Å². The molecule has 0 bridgehead atoms. The first kappa shape index (κ1) is 20.7. The average molecular weight is 431 g/mol. The van der Waals surface area contributed by atoms with Crippen LogP contribution in [0.3, 0.4) is 0 Å². The van der Waals surface area contributed by atoms with Crippen LogP contribution in [0.1, 0.15) is 0 Å². The van der Waals surface area contributed by atoms with E-state index in [1.54, 1.807) is 16.9 Å². The van der Waals surface area contributed by atoms with Crippen LogP contribution >= 0.6 is 11.6 Å². The van der Waals surface area contributed by atoms with Crippen LogP contribution in [0.5, 0.6) is 5.75 Å². The number of nitrogens with zero attached hydrogens (tertiary/aromatic N) is 3. The van der Waals surface area contributed by atoms with Crippen molar-refractivity contribution in [3.05, 3.63) is 59.5 Å². The van der Waals surface area contributed by atoms with E-state index >= 15 is 0 Å². The first-order valence-corrected chi connectivity index (χ1v) is 10.3. The number of hydrogen-bond donors (Lipinski definition) is 1. The number of nitrogens with one attached hydrogen (secondary N) is 1. The molecule has 0 unspecified atom stereocenters. The molecule has 1 aromatic heterocycles. The van der Waals surface area contributed by atoms with Crippen molar-refractivity contribution in [3.8, 4) is 17.0 Å². The first-order valence-electron chi connectivity index (χ1n) is 9.87. The zero-order valence-corrected chi connectivity index (χ0v) is 17.5. The molecule has 1 aliphatic rings. The summed E-state index contributed by atoms with van der Waals surface area (Å²) < 4.78 is 26.8. The highest BCUT2D eigenvalue weighted by atomic mass is 35.5. The van der Waals surface area contributed by atoms with Gasteiger partial charge in [0.1, 0.15) is 18.2 Å². The Hall–Kier alpha value is -2.61. The number of hydrogen-bond acceptors (Lipinski definition) is 5. The van der Waals surface area contributed by atoms with E-state index in [4.69, 9.17) is 21.1 Å². The lowest BCUT2D eigenvalue weighted by atomic mass is 10.1. The SMILES string of the molecule is Cn1ncc(Cl)c1-c1cc(Nc2cccc(F)c2)ccc1OCCN1CCOCC1. The number of rotatable bonds is 7. The van der Waals surface area contributed by atoms with Crippen molar-refractivity contribution in [2.75, 3.05) is 44.8 Å². The van der Waals surface area contributed by atoms with E-state index in [9.17, 15) is 4.39 Å². The molecule has 0 aliphatic carbocycles. The Bertz CT molecular complexity index is 985. The van der Waals surface area contributed by atoms with E-state index in [1.807, 2.05) is 31.3 Å². The minimum atomic E-state index is -0.294. The van der Waals surface area contributed by atoms with Gasteiger partial charge < -0.3 is 14.8 Å². The highest BCUT2D eigenvalue weighted by Gasteiger charge is 2.17. The Balaban J connectivity index is 1.57. The van der Waals surface area contributed by atoms with E-state index in [-0.39, 0.29) is 5.82 Å². The number of benzene rings is 2. The summed E-state index contributed by atoms with van der Waals surface area (Å²) in [7, 11) is 1.84. The molecule has 0 saturated carbocycles. The zero-order valence-electron chi connectivity index (χ0n) is 16.8. The molecule has 4 rings (SSSR count). The molecule has 30 heavy (non-hydrogen) atoms. The van der Waals surface area contributed by atoms with Crippen molar-refractivity contribution in [2.45, 2.75) is 0 Å². The van der Waals surface area contributed by atoms with Gasteiger partial charge in [-0.15, -0.1) is 0 Å². The Morgan fingerprint density at radius 2 is 1.97 bits per heavy atom. The molecule has 6 nitrogen and oxygen atoms in total. The summed E-state index contributed by atoms with van der Waals surface area (Å²) in [5.74, 6) is 0.427. The molecule has 1 fully saturated rings. The molecule has 3 aromatic rings. The summed E-state index contributed by atoms with van der Waals surface area (Å²) in [6.45, 7) is 4.73. The van der Waals surface area contributed by atoms with Crippen LogP contribution < -0.4 is 10.1 Å². The van der Waals surface area contributed by atoms with Crippen molar-refractivity contribution in [1.82, 2.24) is 14.7 Å². The fourth-order valence-corrected chi connectivity index (χ4v) is 3.74. The molecule has 8 heteroatoms. The maximum absolute atomic E-state index is 13.5. The van der Waals surface area contributed by atoms with Gasteiger partial charge in [0, 0.05) is 43.6 Å². The zero-order chi connectivity index (χ0) is 20.9. The van der Waals surface area contributed by atoms with Gasteiger partial charge in [-0.1, -0.05) is 17.7 Å². The molecule has 1 N–H and O–H groups in total. The van der Waals surface area contributed by atoms with Crippen LogP contribution in [0.25, 0.3) is 11.3 Å². The van der Waals surface area contributed by atoms with Gasteiger partial charge in [0.2, 0.25) is 0 Å². The largest absolute Gasteiger partial charge is 0.492 e. The topological polar surface area (TPSA) is 51.5 Å². The lowest BCUT2D eigenvalue weighted by molar-refractivity contribution is 0.0323. The van der Waals surface area contributed by atoms with E-state index in [0.29, 0.717) is 17.3 Å². The second kappa shape index (κ2) is 9.47. The van der Waals surface area contributed by atoms with Crippen molar-refractivity contribution < 1.29 is 13.9 Å². The van der Waals surface area contributed by atoms with Crippen LogP contribution in [0.2, 0.25) is 5.02 Å².